The molecule has 19 heavy (non-hydrogen) atoms. The molecule has 1 heterocycles. The maximum atomic E-state index is 9.08. The zero-order valence-electron chi connectivity index (χ0n) is 10.0. The number of hydrogen-bond donors (Lipinski definition) is 2. The number of anilines is 3. The number of hydrogen-bond acceptors (Lipinski definition) is 6. The average Bonchev–Trinajstić information content (AvgIpc) is 2.40. The van der Waals surface area contributed by atoms with Crippen LogP contribution in [0.15, 0.2) is 28.7 Å². The molecule has 2 aromatic rings. The fourth-order valence-corrected chi connectivity index (χ4v) is 1.83. The summed E-state index contributed by atoms with van der Waals surface area (Å²) in [6.07, 6.45) is 0. The number of aromatic nitrogens is 2. The summed E-state index contributed by atoms with van der Waals surface area (Å²) in [7, 11) is 1.49. The van der Waals surface area contributed by atoms with E-state index in [2.05, 4.69) is 37.3 Å². The summed E-state index contributed by atoms with van der Waals surface area (Å²) in [6, 6.07) is 9.01. The smallest absolute Gasteiger partial charge is 0.225 e. The molecular weight excluding hydrogens is 310 g/mol. The van der Waals surface area contributed by atoms with E-state index >= 15 is 0 Å². The van der Waals surface area contributed by atoms with Gasteiger partial charge in [0.05, 0.1) is 18.4 Å². The maximum absolute atomic E-state index is 9.08. The summed E-state index contributed by atoms with van der Waals surface area (Å²) in [5.74, 6) is 0.909. The molecule has 3 N–H and O–H groups in total. The lowest BCUT2D eigenvalue weighted by Crippen LogP contribution is -2.02. The van der Waals surface area contributed by atoms with Gasteiger partial charge in [0, 0.05) is 10.5 Å². The van der Waals surface area contributed by atoms with Crippen LogP contribution in [0.1, 0.15) is 5.56 Å². The minimum atomic E-state index is 0.0949. The highest BCUT2D eigenvalue weighted by molar-refractivity contribution is 9.10. The molecule has 0 amide bonds. The Hall–Kier alpha value is -2.33. The van der Waals surface area contributed by atoms with E-state index < -0.39 is 0 Å². The van der Waals surface area contributed by atoms with Crippen molar-refractivity contribution in [1.29, 1.82) is 5.26 Å². The summed E-state index contributed by atoms with van der Waals surface area (Å²) >= 11 is 3.31. The number of nitrogen functional groups attached to an aromatic ring is 1. The van der Waals surface area contributed by atoms with E-state index in [-0.39, 0.29) is 5.95 Å². The van der Waals surface area contributed by atoms with Crippen LogP contribution in [-0.4, -0.2) is 17.1 Å². The van der Waals surface area contributed by atoms with Crippen molar-refractivity contribution in [3.8, 4) is 11.9 Å². The van der Waals surface area contributed by atoms with Gasteiger partial charge in [0.15, 0.2) is 0 Å². The van der Waals surface area contributed by atoms with E-state index in [0.717, 1.165) is 4.47 Å². The Balaban J connectivity index is 2.36. The molecule has 7 heteroatoms. The number of nitrogens with zero attached hydrogens (tertiary/aromatic N) is 3. The number of methoxy groups -OCH3 is 1. The van der Waals surface area contributed by atoms with Crippen LogP contribution >= 0.6 is 15.9 Å². The lowest BCUT2D eigenvalue weighted by atomic mass is 10.2. The molecule has 96 valence electrons. The van der Waals surface area contributed by atoms with Crippen LogP contribution < -0.4 is 15.8 Å². The quantitative estimate of drug-likeness (QED) is 0.901. The van der Waals surface area contributed by atoms with Crippen molar-refractivity contribution < 1.29 is 4.74 Å². The SMILES string of the molecule is COc1cc(Nc2ccc(Br)cc2C#N)nc(N)n1. The Kier molecular flexibility index (Phi) is 3.82. The first-order valence-electron chi connectivity index (χ1n) is 5.27. The van der Waals surface area contributed by atoms with E-state index in [1.807, 2.05) is 6.07 Å². The highest BCUT2D eigenvalue weighted by atomic mass is 79.9. The molecule has 0 unspecified atom stereocenters. The third kappa shape index (κ3) is 3.11. The summed E-state index contributed by atoms with van der Waals surface area (Å²) in [5.41, 5.74) is 6.69. The molecule has 2 rings (SSSR count). The highest BCUT2D eigenvalue weighted by Gasteiger charge is 2.06. The van der Waals surface area contributed by atoms with Crippen LogP contribution in [0.5, 0.6) is 5.88 Å². The molecule has 0 aliphatic carbocycles. The Labute approximate surface area is 118 Å². The fraction of sp³-hybridized carbons (Fsp3) is 0.0833. The highest BCUT2D eigenvalue weighted by Crippen LogP contribution is 2.24. The first kappa shape index (κ1) is 13.1. The fourth-order valence-electron chi connectivity index (χ4n) is 1.47. The van der Waals surface area contributed by atoms with Gasteiger partial charge in [-0.25, -0.2) is 0 Å². The zero-order valence-corrected chi connectivity index (χ0v) is 11.6. The van der Waals surface area contributed by atoms with Crippen molar-refractivity contribution in [3.05, 3.63) is 34.3 Å². The first-order valence-corrected chi connectivity index (χ1v) is 6.07. The second-order valence-corrected chi connectivity index (χ2v) is 4.50. The molecule has 0 atom stereocenters. The zero-order chi connectivity index (χ0) is 13.8. The van der Waals surface area contributed by atoms with E-state index in [1.165, 1.54) is 7.11 Å². The number of nitrogens with two attached hydrogens (primary N) is 1. The number of rotatable bonds is 3. The van der Waals surface area contributed by atoms with Crippen molar-refractivity contribution in [2.45, 2.75) is 0 Å². The van der Waals surface area contributed by atoms with Crippen molar-refractivity contribution in [3.63, 3.8) is 0 Å². The Morgan fingerprint density at radius 3 is 2.84 bits per heavy atom. The average molecular weight is 320 g/mol. The molecule has 0 saturated heterocycles. The molecular formula is C12H10BrN5O. The standard InChI is InChI=1S/C12H10BrN5O/c1-19-11-5-10(17-12(15)18-11)16-9-3-2-8(13)4-7(9)6-14/h2-5H,1H3,(H3,15,16,17,18). The number of nitrogens with one attached hydrogen (secondary N) is 1. The molecule has 0 fully saturated rings. The molecule has 0 radical (unpaired) electrons. The number of nitriles is 1. The van der Waals surface area contributed by atoms with E-state index in [1.54, 1.807) is 18.2 Å². The molecule has 0 bridgehead atoms. The van der Waals surface area contributed by atoms with Gasteiger partial charge in [-0.15, -0.1) is 0 Å². The van der Waals surface area contributed by atoms with Gasteiger partial charge < -0.3 is 15.8 Å². The van der Waals surface area contributed by atoms with Gasteiger partial charge in [0.25, 0.3) is 0 Å². The molecule has 0 aliphatic rings. The molecule has 0 aliphatic heterocycles. The van der Waals surface area contributed by atoms with Gasteiger partial charge in [-0.1, -0.05) is 15.9 Å². The maximum Gasteiger partial charge on any atom is 0.225 e. The van der Waals surface area contributed by atoms with Crippen LogP contribution in [0, 0.1) is 11.3 Å². The van der Waals surface area contributed by atoms with Gasteiger partial charge >= 0.3 is 0 Å². The second kappa shape index (κ2) is 5.54. The van der Waals surface area contributed by atoms with Crippen molar-refractivity contribution >= 4 is 33.4 Å². The van der Waals surface area contributed by atoms with Gasteiger partial charge in [-0.3, -0.25) is 0 Å². The van der Waals surface area contributed by atoms with Gasteiger partial charge in [-0.05, 0) is 18.2 Å². The minimum absolute atomic E-state index is 0.0949. The predicted molar refractivity (Wildman–Crippen MR) is 75.1 cm³/mol. The van der Waals surface area contributed by atoms with Crippen molar-refractivity contribution in [2.75, 3.05) is 18.2 Å². The molecule has 1 aromatic heterocycles. The number of benzene rings is 1. The topological polar surface area (TPSA) is 96.8 Å². The molecule has 6 nitrogen and oxygen atoms in total. The third-order valence-electron chi connectivity index (χ3n) is 2.29. The monoisotopic (exact) mass is 319 g/mol. The van der Waals surface area contributed by atoms with Crippen LogP contribution in [0.4, 0.5) is 17.5 Å². The minimum Gasteiger partial charge on any atom is -0.481 e. The Morgan fingerprint density at radius 1 is 1.37 bits per heavy atom. The van der Waals surface area contributed by atoms with Gasteiger partial charge in [0.1, 0.15) is 11.9 Å². The predicted octanol–water partition coefficient (Wildman–Crippen LogP) is 2.45. The van der Waals surface area contributed by atoms with E-state index in [4.69, 9.17) is 15.7 Å². The Morgan fingerprint density at radius 2 is 2.16 bits per heavy atom. The second-order valence-electron chi connectivity index (χ2n) is 3.58. The van der Waals surface area contributed by atoms with Crippen molar-refractivity contribution in [2.24, 2.45) is 0 Å². The first-order chi connectivity index (χ1) is 9.12. The number of ether oxygens (including phenoxy) is 1. The van der Waals surface area contributed by atoms with Crippen LogP contribution in [-0.2, 0) is 0 Å². The van der Waals surface area contributed by atoms with Crippen molar-refractivity contribution in [1.82, 2.24) is 9.97 Å². The largest absolute Gasteiger partial charge is 0.481 e. The summed E-state index contributed by atoms with van der Waals surface area (Å²) in [5, 5.41) is 12.1. The summed E-state index contributed by atoms with van der Waals surface area (Å²) in [4.78, 5) is 7.91. The normalized spacial score (nSPS) is 9.74. The molecule has 1 aromatic carbocycles. The van der Waals surface area contributed by atoms with Gasteiger partial charge in [-0.2, -0.15) is 15.2 Å². The van der Waals surface area contributed by atoms with Crippen LogP contribution in [0.2, 0.25) is 0 Å². The molecule has 0 saturated carbocycles. The van der Waals surface area contributed by atoms with E-state index in [0.29, 0.717) is 22.9 Å². The molecule has 0 spiro atoms. The number of halogens is 1. The van der Waals surface area contributed by atoms with Crippen LogP contribution in [0.3, 0.4) is 0 Å². The van der Waals surface area contributed by atoms with E-state index in [9.17, 15) is 0 Å². The van der Waals surface area contributed by atoms with Crippen LogP contribution in [0.25, 0.3) is 0 Å². The lowest BCUT2D eigenvalue weighted by molar-refractivity contribution is 0.398. The third-order valence-corrected chi connectivity index (χ3v) is 2.79. The summed E-state index contributed by atoms with van der Waals surface area (Å²) in [6.45, 7) is 0. The van der Waals surface area contributed by atoms with Gasteiger partial charge in [0.2, 0.25) is 11.8 Å². The summed E-state index contributed by atoms with van der Waals surface area (Å²) < 4.78 is 5.83. The Bertz CT molecular complexity index is 653. The lowest BCUT2D eigenvalue weighted by Gasteiger charge is -2.09.